The summed E-state index contributed by atoms with van der Waals surface area (Å²) in [5, 5.41) is 31.5. The van der Waals surface area contributed by atoms with Crippen molar-refractivity contribution in [3.8, 4) is 0 Å². The molecule has 0 bridgehead atoms. The third-order valence-electron chi connectivity index (χ3n) is 1.98. The first-order valence-corrected chi connectivity index (χ1v) is 3.73. The van der Waals surface area contributed by atoms with Gasteiger partial charge in [0, 0.05) is 0 Å². The van der Waals surface area contributed by atoms with Crippen molar-refractivity contribution in [2.24, 2.45) is 0 Å². The van der Waals surface area contributed by atoms with Gasteiger partial charge in [-0.2, -0.15) is 4.85 Å². The van der Waals surface area contributed by atoms with Crippen LogP contribution in [0.3, 0.4) is 0 Å². The van der Waals surface area contributed by atoms with Gasteiger partial charge >= 0.3 is 11.0 Å². The molecule has 3 rings (SSSR count). The lowest BCUT2D eigenvalue weighted by Gasteiger charge is -1.91. The van der Waals surface area contributed by atoms with Gasteiger partial charge in [-0.25, -0.2) is 0 Å². The van der Waals surface area contributed by atoms with E-state index in [9.17, 15) is 10.4 Å². The van der Waals surface area contributed by atoms with Crippen LogP contribution in [0, 0.1) is 10.4 Å². The first-order chi connectivity index (χ1) is 6.77. The molecule has 14 heavy (non-hydrogen) atoms. The Labute approximate surface area is 75.4 Å². The van der Waals surface area contributed by atoms with E-state index in [1.165, 1.54) is 12.1 Å². The van der Waals surface area contributed by atoms with E-state index in [1.54, 1.807) is 0 Å². The fourth-order valence-corrected chi connectivity index (χ4v) is 1.34. The largest absolute Gasteiger partial charge is 0.692 e. The van der Waals surface area contributed by atoms with Crippen LogP contribution in [0.5, 0.6) is 0 Å². The van der Waals surface area contributed by atoms with Gasteiger partial charge in [0.1, 0.15) is 0 Å². The van der Waals surface area contributed by atoms with Gasteiger partial charge in [-0.3, -0.25) is 4.63 Å². The minimum atomic E-state index is 0.240. The minimum absolute atomic E-state index is 0.240. The maximum Gasteiger partial charge on any atom is 0.307 e. The van der Waals surface area contributed by atoms with Gasteiger partial charge in [0.15, 0.2) is 0 Å². The van der Waals surface area contributed by atoms with E-state index in [0.717, 1.165) is 0 Å². The van der Waals surface area contributed by atoms with Crippen molar-refractivity contribution in [2.75, 3.05) is 0 Å². The van der Waals surface area contributed by atoms with Crippen LogP contribution in [0.1, 0.15) is 0 Å². The van der Waals surface area contributed by atoms with Gasteiger partial charge in [0.25, 0.3) is 0 Å². The number of hydrogen-bond donors (Lipinski definition) is 1. The third-order valence-corrected chi connectivity index (χ3v) is 1.98. The third kappa shape index (κ3) is 0.672. The summed E-state index contributed by atoms with van der Waals surface area (Å²) < 4.78 is 4.38. The zero-order valence-corrected chi connectivity index (χ0v) is 6.67. The lowest BCUT2D eigenvalue weighted by molar-refractivity contribution is -0.782. The van der Waals surface area contributed by atoms with Crippen molar-refractivity contribution in [3.05, 3.63) is 22.5 Å². The summed E-state index contributed by atoms with van der Waals surface area (Å²) in [6, 6.07) is 2.92. The molecule has 8 heteroatoms. The number of rotatable bonds is 0. The highest BCUT2D eigenvalue weighted by Crippen LogP contribution is 2.15. The number of aromatic nitrogens is 5. The standard InChI is InChI=1S/C6H3N5O3/c12-10-3-1-2-4-6(5(3)7-9-10)8-14-11(4)13/h1-2,9H. The number of H-pyrrole nitrogens is 1. The smallest absolute Gasteiger partial charge is 0.307 e. The molecule has 1 aromatic carbocycles. The van der Waals surface area contributed by atoms with Crippen LogP contribution in [0.4, 0.5) is 0 Å². The number of fused-ring (bicyclic) bond motifs is 3. The predicted molar refractivity (Wildman–Crippen MR) is 41.6 cm³/mol. The van der Waals surface area contributed by atoms with Gasteiger partial charge < -0.3 is 10.4 Å². The predicted octanol–water partition coefficient (Wildman–Crippen LogP) is -1.03. The molecule has 0 atom stereocenters. The molecule has 0 aliphatic heterocycles. The molecule has 3 aromatic rings. The Bertz CT molecular complexity index is 571. The summed E-state index contributed by atoms with van der Waals surface area (Å²) in [6.45, 7) is 0. The fourth-order valence-electron chi connectivity index (χ4n) is 1.34. The summed E-state index contributed by atoms with van der Waals surface area (Å²) in [6.07, 6.45) is 0. The molecule has 1 N–H and O–H groups in total. The second-order valence-corrected chi connectivity index (χ2v) is 2.74. The first kappa shape index (κ1) is 7.06. The minimum Gasteiger partial charge on any atom is -0.692 e. The van der Waals surface area contributed by atoms with Crippen molar-refractivity contribution in [3.63, 3.8) is 0 Å². The maximum absolute atomic E-state index is 11.1. The highest BCUT2D eigenvalue weighted by Gasteiger charge is 2.21. The molecule has 0 amide bonds. The molecule has 2 heterocycles. The summed E-state index contributed by atoms with van der Waals surface area (Å²) in [7, 11) is 0. The fraction of sp³-hybridized carbons (Fsp3) is 0. The van der Waals surface area contributed by atoms with Crippen molar-refractivity contribution < 1.29 is 14.4 Å². The van der Waals surface area contributed by atoms with E-state index in [-0.39, 0.29) is 15.9 Å². The van der Waals surface area contributed by atoms with Crippen LogP contribution in [-0.2, 0) is 0 Å². The van der Waals surface area contributed by atoms with Crippen LogP contribution in [0.15, 0.2) is 16.8 Å². The lowest BCUT2D eigenvalue weighted by Crippen LogP contribution is -2.28. The second kappa shape index (κ2) is 2.10. The Kier molecular flexibility index (Phi) is 1.06. The number of benzene rings is 1. The van der Waals surface area contributed by atoms with E-state index < -0.39 is 0 Å². The highest BCUT2D eigenvalue weighted by molar-refractivity contribution is 5.96. The number of nitrogens with one attached hydrogen (secondary N) is 1. The summed E-state index contributed by atoms with van der Waals surface area (Å²) in [5.74, 6) is 0. The molecule has 0 unspecified atom stereocenters. The van der Waals surface area contributed by atoms with Crippen molar-refractivity contribution >= 4 is 22.1 Å². The van der Waals surface area contributed by atoms with Crippen LogP contribution >= 0.6 is 0 Å². The molecule has 0 saturated carbocycles. The maximum atomic E-state index is 11.1. The zero-order valence-electron chi connectivity index (χ0n) is 6.67. The summed E-state index contributed by atoms with van der Waals surface area (Å²) in [4.78, 5) is 0.747. The van der Waals surface area contributed by atoms with Gasteiger partial charge in [-0.15, -0.1) is 0 Å². The molecule has 2 aromatic heterocycles. The van der Waals surface area contributed by atoms with E-state index in [1.807, 2.05) is 0 Å². The van der Waals surface area contributed by atoms with Gasteiger partial charge in [0.2, 0.25) is 11.0 Å². The summed E-state index contributed by atoms with van der Waals surface area (Å²) >= 11 is 0. The van der Waals surface area contributed by atoms with Gasteiger partial charge in [-0.05, 0) is 17.0 Å². The van der Waals surface area contributed by atoms with Crippen LogP contribution in [-0.4, -0.2) is 15.5 Å². The summed E-state index contributed by atoms with van der Waals surface area (Å²) in [5.41, 5.74) is 1.13. The molecule has 0 fully saturated rings. The van der Waals surface area contributed by atoms with Gasteiger partial charge in [-0.1, -0.05) is 5.21 Å². The highest BCUT2D eigenvalue weighted by atomic mass is 16.8. The lowest BCUT2D eigenvalue weighted by atomic mass is 10.3. The molecule has 8 nitrogen and oxygen atoms in total. The number of hydrogen-bond acceptors (Lipinski definition) is 5. The molecule has 70 valence electrons. The van der Waals surface area contributed by atoms with Crippen molar-refractivity contribution in [1.82, 2.24) is 15.5 Å². The van der Waals surface area contributed by atoms with Gasteiger partial charge in [0.05, 0.1) is 10.3 Å². The SMILES string of the molecule is [O-][n+]1[nH]nc2c3no[n+]([O-])c3ccc21. The molecule has 0 spiro atoms. The van der Waals surface area contributed by atoms with Crippen LogP contribution in [0.25, 0.3) is 22.1 Å². The first-order valence-electron chi connectivity index (χ1n) is 3.73. The second-order valence-electron chi connectivity index (χ2n) is 2.74. The molecular weight excluding hydrogens is 190 g/mol. The molecule has 0 saturated heterocycles. The number of aromatic amines is 1. The van der Waals surface area contributed by atoms with E-state index in [2.05, 4.69) is 20.1 Å². The Balaban J connectivity index is 2.62. The molecular formula is C6H3N5O3. The Morgan fingerprint density at radius 3 is 2.86 bits per heavy atom. The quantitative estimate of drug-likeness (QED) is 0.362. The van der Waals surface area contributed by atoms with E-state index in [0.29, 0.717) is 15.9 Å². The Morgan fingerprint density at radius 1 is 1.21 bits per heavy atom. The Hall–Kier alpha value is -2.38. The topological polar surface area (TPSA) is 109 Å². The Morgan fingerprint density at radius 2 is 2.00 bits per heavy atom. The molecule has 0 aliphatic rings. The van der Waals surface area contributed by atoms with E-state index >= 15 is 0 Å². The zero-order chi connectivity index (χ0) is 9.71. The van der Waals surface area contributed by atoms with Crippen molar-refractivity contribution in [1.29, 1.82) is 0 Å². The monoisotopic (exact) mass is 193 g/mol. The average molecular weight is 193 g/mol. The number of nitrogens with zero attached hydrogens (tertiary/aromatic N) is 4. The molecule has 0 radical (unpaired) electrons. The van der Waals surface area contributed by atoms with Crippen LogP contribution in [0.2, 0.25) is 0 Å². The van der Waals surface area contributed by atoms with Crippen molar-refractivity contribution in [2.45, 2.75) is 0 Å². The average Bonchev–Trinajstić information content (AvgIpc) is 2.72. The normalized spacial score (nSPS) is 11.4. The van der Waals surface area contributed by atoms with Crippen LogP contribution < -0.4 is 9.75 Å². The molecule has 0 aliphatic carbocycles. The van der Waals surface area contributed by atoms with E-state index in [4.69, 9.17) is 0 Å².